The highest BCUT2D eigenvalue weighted by atomic mass is 16.5. The Kier molecular flexibility index (Phi) is 5.18. The first-order valence-electron chi connectivity index (χ1n) is 7.40. The van der Waals surface area contributed by atoms with Gasteiger partial charge in [-0.2, -0.15) is 4.98 Å². The molecule has 136 valence electrons. The number of nitrogens with zero attached hydrogens (tertiary/aromatic N) is 2. The second-order valence-corrected chi connectivity index (χ2v) is 5.51. The van der Waals surface area contributed by atoms with Crippen LogP contribution in [-0.2, 0) is 19.1 Å². The Bertz CT molecular complexity index is 773. The van der Waals surface area contributed by atoms with Crippen LogP contribution in [0.15, 0.2) is 4.79 Å². The Balaban J connectivity index is 2.64. The number of fused-ring (bicyclic) bond motifs is 1. The van der Waals surface area contributed by atoms with Crippen molar-refractivity contribution in [3.8, 4) is 0 Å². The molecular weight excluding hydrogens is 334 g/mol. The number of aliphatic hydroxyl groups is 1. The minimum absolute atomic E-state index is 0.0378. The monoisotopic (exact) mass is 353 g/mol. The number of methoxy groups -OCH3 is 1. The Labute approximate surface area is 142 Å². The fourth-order valence-corrected chi connectivity index (χ4v) is 2.57. The summed E-state index contributed by atoms with van der Waals surface area (Å²) in [6.45, 7) is 3.67. The first kappa shape index (κ1) is 18.5. The van der Waals surface area contributed by atoms with Crippen LogP contribution < -0.4 is 21.1 Å². The van der Waals surface area contributed by atoms with Gasteiger partial charge in [0.2, 0.25) is 17.8 Å². The average molecular weight is 353 g/mol. The van der Waals surface area contributed by atoms with Crippen LogP contribution in [0.2, 0.25) is 0 Å². The SMILES string of the molecule is COC1Nc2nc(NC(C)=O)[nH]c(=O)c2N(C(C)=O)C1C(=O)C(C)O. The highest BCUT2D eigenvalue weighted by Gasteiger charge is 2.44. The van der Waals surface area contributed by atoms with Crippen molar-refractivity contribution >= 4 is 35.1 Å². The first-order valence-corrected chi connectivity index (χ1v) is 7.40. The summed E-state index contributed by atoms with van der Waals surface area (Å²) in [7, 11) is 1.30. The van der Waals surface area contributed by atoms with Crippen molar-refractivity contribution in [2.24, 2.45) is 0 Å². The van der Waals surface area contributed by atoms with Gasteiger partial charge in [0.25, 0.3) is 5.56 Å². The van der Waals surface area contributed by atoms with Gasteiger partial charge in [0.1, 0.15) is 12.1 Å². The summed E-state index contributed by atoms with van der Waals surface area (Å²) in [5.74, 6) is -1.92. The number of aliphatic hydroxyl groups excluding tert-OH is 1. The van der Waals surface area contributed by atoms with Crippen LogP contribution in [0.1, 0.15) is 20.8 Å². The molecule has 0 radical (unpaired) electrons. The minimum atomic E-state index is -1.38. The maximum Gasteiger partial charge on any atom is 0.278 e. The summed E-state index contributed by atoms with van der Waals surface area (Å²) in [4.78, 5) is 55.4. The highest BCUT2D eigenvalue weighted by molar-refractivity contribution is 6.05. The number of aromatic nitrogens is 2. The van der Waals surface area contributed by atoms with E-state index in [4.69, 9.17) is 4.74 Å². The van der Waals surface area contributed by atoms with E-state index in [0.29, 0.717) is 0 Å². The highest BCUT2D eigenvalue weighted by Crippen LogP contribution is 2.31. The van der Waals surface area contributed by atoms with Gasteiger partial charge in [-0.1, -0.05) is 0 Å². The molecule has 2 amide bonds. The van der Waals surface area contributed by atoms with Gasteiger partial charge in [0.05, 0.1) is 0 Å². The van der Waals surface area contributed by atoms with E-state index in [-0.39, 0.29) is 17.5 Å². The van der Waals surface area contributed by atoms with Crippen LogP contribution in [0.5, 0.6) is 0 Å². The van der Waals surface area contributed by atoms with Crippen LogP contribution in [0.3, 0.4) is 0 Å². The Hall–Kier alpha value is -2.79. The van der Waals surface area contributed by atoms with Crippen molar-refractivity contribution in [3.05, 3.63) is 10.4 Å². The van der Waals surface area contributed by atoms with E-state index in [9.17, 15) is 24.3 Å². The van der Waals surface area contributed by atoms with Gasteiger partial charge in [-0.15, -0.1) is 0 Å². The number of anilines is 3. The molecule has 4 N–H and O–H groups in total. The number of nitrogens with one attached hydrogen (secondary N) is 3. The number of hydrogen-bond acceptors (Lipinski definition) is 8. The van der Waals surface area contributed by atoms with Crippen molar-refractivity contribution < 1.29 is 24.2 Å². The van der Waals surface area contributed by atoms with Gasteiger partial charge in [-0.25, -0.2) is 0 Å². The zero-order valence-electron chi connectivity index (χ0n) is 14.1. The molecule has 0 spiro atoms. The second-order valence-electron chi connectivity index (χ2n) is 5.51. The van der Waals surface area contributed by atoms with Crippen molar-refractivity contribution in [1.29, 1.82) is 0 Å². The van der Waals surface area contributed by atoms with E-state index in [1.807, 2.05) is 0 Å². The van der Waals surface area contributed by atoms with Crippen LogP contribution in [-0.4, -0.2) is 58.2 Å². The Morgan fingerprint density at radius 3 is 2.48 bits per heavy atom. The number of ether oxygens (including phenoxy) is 1. The van der Waals surface area contributed by atoms with E-state index in [2.05, 4.69) is 20.6 Å². The van der Waals surface area contributed by atoms with Crippen LogP contribution in [0.25, 0.3) is 0 Å². The normalized spacial score (nSPS) is 20.3. The molecule has 0 aliphatic carbocycles. The molecule has 0 saturated carbocycles. The molecule has 1 aromatic heterocycles. The number of aromatic amines is 1. The fourth-order valence-electron chi connectivity index (χ4n) is 2.57. The standard InChI is InChI=1S/C14H19N5O6/c1-5(20)10(23)8-13(25-4)16-11-9(19(8)7(3)22)12(24)18-14(17-11)15-6(2)21/h5,8,13,20H,1-4H3,(H3,15,16,17,18,21,24). The lowest BCUT2D eigenvalue weighted by Crippen LogP contribution is -2.61. The van der Waals surface area contributed by atoms with Crippen molar-refractivity contribution in [3.63, 3.8) is 0 Å². The largest absolute Gasteiger partial charge is 0.386 e. The quantitative estimate of drug-likeness (QED) is 0.526. The van der Waals surface area contributed by atoms with E-state index in [0.717, 1.165) is 4.90 Å². The lowest BCUT2D eigenvalue weighted by Gasteiger charge is -2.40. The molecule has 0 bridgehead atoms. The zero-order valence-corrected chi connectivity index (χ0v) is 14.1. The predicted molar refractivity (Wildman–Crippen MR) is 87.2 cm³/mol. The summed E-state index contributed by atoms with van der Waals surface area (Å²) >= 11 is 0. The predicted octanol–water partition coefficient (Wildman–Crippen LogP) is -1.20. The number of hydrogen-bond donors (Lipinski definition) is 4. The number of amides is 2. The van der Waals surface area contributed by atoms with Gasteiger partial charge in [0.15, 0.2) is 23.5 Å². The molecule has 0 aromatic carbocycles. The number of H-pyrrole nitrogens is 1. The van der Waals surface area contributed by atoms with Crippen LogP contribution >= 0.6 is 0 Å². The van der Waals surface area contributed by atoms with Crippen molar-refractivity contribution in [1.82, 2.24) is 9.97 Å². The summed E-state index contributed by atoms with van der Waals surface area (Å²) in [6.07, 6.45) is -2.42. The number of carbonyl (C=O) groups is 3. The molecule has 2 heterocycles. The van der Waals surface area contributed by atoms with Gasteiger partial charge in [0, 0.05) is 21.0 Å². The van der Waals surface area contributed by atoms with E-state index < -0.39 is 41.5 Å². The topological polar surface area (TPSA) is 154 Å². The molecule has 3 unspecified atom stereocenters. The number of carbonyl (C=O) groups excluding carboxylic acids is 3. The van der Waals surface area contributed by atoms with E-state index in [1.165, 1.54) is 27.9 Å². The third kappa shape index (κ3) is 3.51. The summed E-state index contributed by atoms with van der Waals surface area (Å²) in [6, 6.07) is -1.26. The van der Waals surface area contributed by atoms with E-state index >= 15 is 0 Å². The molecule has 11 heteroatoms. The van der Waals surface area contributed by atoms with Gasteiger partial charge >= 0.3 is 0 Å². The lowest BCUT2D eigenvalue weighted by atomic mass is 10.0. The molecular formula is C14H19N5O6. The lowest BCUT2D eigenvalue weighted by molar-refractivity contribution is -0.133. The van der Waals surface area contributed by atoms with Crippen molar-refractivity contribution in [2.75, 3.05) is 22.6 Å². The maximum absolute atomic E-state index is 12.4. The number of Topliss-reactive ketones (excluding diaryl/α,β-unsaturated/α-hetero) is 1. The van der Waals surface area contributed by atoms with E-state index in [1.54, 1.807) is 0 Å². The molecule has 2 rings (SSSR count). The average Bonchev–Trinajstić information content (AvgIpc) is 2.51. The van der Waals surface area contributed by atoms with Crippen molar-refractivity contribution in [2.45, 2.75) is 39.1 Å². The minimum Gasteiger partial charge on any atom is -0.386 e. The summed E-state index contributed by atoms with van der Waals surface area (Å²) in [5.41, 5.74) is -0.941. The molecule has 0 saturated heterocycles. The molecule has 25 heavy (non-hydrogen) atoms. The molecule has 3 atom stereocenters. The molecule has 11 nitrogen and oxygen atoms in total. The number of ketones is 1. The Morgan fingerprint density at radius 2 is 2.00 bits per heavy atom. The van der Waals surface area contributed by atoms with Crippen LogP contribution in [0.4, 0.5) is 17.5 Å². The Morgan fingerprint density at radius 1 is 1.36 bits per heavy atom. The number of rotatable bonds is 4. The fraction of sp³-hybridized carbons (Fsp3) is 0.500. The third-order valence-corrected chi connectivity index (χ3v) is 3.57. The summed E-state index contributed by atoms with van der Waals surface area (Å²) in [5, 5.41) is 14.7. The van der Waals surface area contributed by atoms with Crippen LogP contribution in [0, 0.1) is 0 Å². The first-order chi connectivity index (χ1) is 11.7. The van der Waals surface area contributed by atoms with Gasteiger partial charge in [-0.05, 0) is 6.92 Å². The van der Waals surface area contributed by atoms with Gasteiger partial charge < -0.3 is 15.2 Å². The molecule has 1 aliphatic heterocycles. The molecule has 1 aliphatic rings. The summed E-state index contributed by atoms with van der Waals surface area (Å²) < 4.78 is 5.20. The maximum atomic E-state index is 12.4. The van der Waals surface area contributed by atoms with Gasteiger partial charge in [-0.3, -0.25) is 34.4 Å². The molecule has 1 aromatic rings. The zero-order chi connectivity index (χ0) is 18.9. The smallest absolute Gasteiger partial charge is 0.278 e. The third-order valence-electron chi connectivity index (χ3n) is 3.57. The second kappa shape index (κ2) is 6.99. The molecule has 0 fully saturated rings.